The number of hydrogen-bond donors (Lipinski definition) is 1. The second-order valence-electron chi connectivity index (χ2n) is 4.43. The Bertz CT molecular complexity index is 434. The minimum atomic E-state index is 0.839. The number of unbranched alkanes of at least 4 members (excludes halogenated alkanes) is 2. The molecule has 2 heterocycles. The van der Waals surface area contributed by atoms with Gasteiger partial charge in [-0.1, -0.05) is 6.07 Å². The second-order valence-corrected chi connectivity index (χ2v) is 4.43. The predicted octanol–water partition coefficient (Wildman–Crippen LogP) is 2.24. The van der Waals surface area contributed by atoms with Crippen LogP contribution in [0, 0.1) is 0 Å². The van der Waals surface area contributed by atoms with Gasteiger partial charge in [-0.15, -0.1) is 0 Å². The molecule has 2 rings (SSSR count). The van der Waals surface area contributed by atoms with Crippen LogP contribution in [0.1, 0.15) is 25.0 Å². The summed E-state index contributed by atoms with van der Waals surface area (Å²) < 4.78 is 7.07. The minimum absolute atomic E-state index is 0.839. The van der Waals surface area contributed by atoms with Crippen LogP contribution >= 0.6 is 0 Å². The van der Waals surface area contributed by atoms with Crippen LogP contribution in [-0.2, 0) is 11.3 Å². The normalized spacial score (nSPS) is 11.2. The largest absolute Gasteiger partial charge is 0.385 e. The Kier molecular flexibility index (Phi) is 5.17. The summed E-state index contributed by atoms with van der Waals surface area (Å²) in [4.78, 5) is 4.54. The van der Waals surface area contributed by atoms with Crippen molar-refractivity contribution >= 4 is 5.65 Å². The van der Waals surface area contributed by atoms with E-state index in [9.17, 15) is 0 Å². The third-order valence-corrected chi connectivity index (χ3v) is 2.92. The number of nitrogens with one attached hydrogen (secondary N) is 1. The van der Waals surface area contributed by atoms with Crippen molar-refractivity contribution in [2.24, 2.45) is 0 Å². The molecule has 0 amide bonds. The Morgan fingerprint density at radius 1 is 1.28 bits per heavy atom. The molecule has 0 saturated carbocycles. The van der Waals surface area contributed by atoms with E-state index >= 15 is 0 Å². The molecule has 18 heavy (non-hydrogen) atoms. The summed E-state index contributed by atoms with van der Waals surface area (Å²) in [5.41, 5.74) is 2.10. The summed E-state index contributed by atoms with van der Waals surface area (Å²) in [5.74, 6) is 0. The fraction of sp³-hybridized carbons (Fsp3) is 0.500. The zero-order chi connectivity index (χ0) is 12.6. The van der Waals surface area contributed by atoms with Gasteiger partial charge < -0.3 is 14.5 Å². The monoisotopic (exact) mass is 247 g/mol. The molecule has 98 valence electrons. The van der Waals surface area contributed by atoms with Crippen LogP contribution in [-0.4, -0.2) is 29.6 Å². The van der Waals surface area contributed by atoms with Gasteiger partial charge in [-0.05, 0) is 37.9 Å². The van der Waals surface area contributed by atoms with Crippen LogP contribution in [0.15, 0.2) is 30.6 Å². The molecular formula is C14H21N3O. The molecular weight excluding hydrogens is 226 g/mol. The SMILES string of the molecule is COCCCCCNCc1cn2ccccc2n1. The number of nitrogens with zero attached hydrogens (tertiary/aromatic N) is 2. The summed E-state index contributed by atoms with van der Waals surface area (Å²) >= 11 is 0. The first-order chi connectivity index (χ1) is 8.90. The second kappa shape index (κ2) is 7.13. The Morgan fingerprint density at radius 3 is 3.06 bits per heavy atom. The van der Waals surface area contributed by atoms with E-state index < -0.39 is 0 Å². The van der Waals surface area contributed by atoms with Gasteiger partial charge >= 0.3 is 0 Å². The summed E-state index contributed by atoms with van der Waals surface area (Å²) in [6.45, 7) is 2.75. The highest BCUT2D eigenvalue weighted by molar-refractivity contribution is 5.39. The third-order valence-electron chi connectivity index (χ3n) is 2.92. The third kappa shape index (κ3) is 3.82. The zero-order valence-corrected chi connectivity index (χ0v) is 10.9. The molecule has 2 aromatic heterocycles. The van der Waals surface area contributed by atoms with Crippen LogP contribution in [0.5, 0.6) is 0 Å². The van der Waals surface area contributed by atoms with E-state index in [2.05, 4.69) is 20.9 Å². The standard InChI is InChI=1S/C14H21N3O/c1-18-10-6-2-4-8-15-11-13-12-17-9-5-3-7-14(17)16-13/h3,5,7,9,12,15H,2,4,6,8,10-11H2,1H3. The Balaban J connectivity index is 1.67. The molecule has 0 saturated heterocycles. The van der Waals surface area contributed by atoms with E-state index in [1.807, 2.05) is 24.4 Å². The number of ether oxygens (including phenoxy) is 1. The minimum Gasteiger partial charge on any atom is -0.385 e. The van der Waals surface area contributed by atoms with Gasteiger partial charge in [0.25, 0.3) is 0 Å². The number of fused-ring (bicyclic) bond motifs is 1. The fourth-order valence-electron chi connectivity index (χ4n) is 1.96. The van der Waals surface area contributed by atoms with Gasteiger partial charge in [0.1, 0.15) is 5.65 Å². The van der Waals surface area contributed by atoms with Crippen LogP contribution < -0.4 is 5.32 Å². The highest BCUT2D eigenvalue weighted by atomic mass is 16.5. The molecule has 2 aromatic rings. The number of hydrogen-bond acceptors (Lipinski definition) is 3. The van der Waals surface area contributed by atoms with Crippen molar-refractivity contribution in [1.82, 2.24) is 14.7 Å². The lowest BCUT2D eigenvalue weighted by molar-refractivity contribution is 0.192. The van der Waals surface area contributed by atoms with Crippen molar-refractivity contribution in [1.29, 1.82) is 0 Å². The van der Waals surface area contributed by atoms with Gasteiger partial charge in [0.05, 0.1) is 5.69 Å². The van der Waals surface area contributed by atoms with Crippen molar-refractivity contribution in [3.8, 4) is 0 Å². The van der Waals surface area contributed by atoms with E-state index in [0.717, 1.165) is 37.5 Å². The highest BCUT2D eigenvalue weighted by Crippen LogP contribution is 2.04. The lowest BCUT2D eigenvalue weighted by Crippen LogP contribution is -2.14. The van der Waals surface area contributed by atoms with E-state index in [-0.39, 0.29) is 0 Å². The first-order valence-electron chi connectivity index (χ1n) is 6.52. The van der Waals surface area contributed by atoms with Crippen LogP contribution in [0.2, 0.25) is 0 Å². The van der Waals surface area contributed by atoms with Crippen LogP contribution in [0.3, 0.4) is 0 Å². The van der Waals surface area contributed by atoms with E-state index in [0.29, 0.717) is 0 Å². The average molecular weight is 247 g/mol. The van der Waals surface area contributed by atoms with Gasteiger partial charge in [0.2, 0.25) is 0 Å². The van der Waals surface area contributed by atoms with E-state index in [4.69, 9.17) is 4.74 Å². The van der Waals surface area contributed by atoms with Crippen molar-refractivity contribution in [2.45, 2.75) is 25.8 Å². The van der Waals surface area contributed by atoms with Gasteiger partial charge in [0.15, 0.2) is 0 Å². The maximum atomic E-state index is 5.02. The number of imidazole rings is 1. The molecule has 4 heteroatoms. The van der Waals surface area contributed by atoms with Gasteiger partial charge in [-0.25, -0.2) is 4.98 Å². The molecule has 0 radical (unpaired) electrons. The maximum Gasteiger partial charge on any atom is 0.137 e. The Morgan fingerprint density at radius 2 is 2.22 bits per heavy atom. The molecule has 0 fully saturated rings. The van der Waals surface area contributed by atoms with Gasteiger partial charge in [0, 0.05) is 32.7 Å². The first-order valence-corrected chi connectivity index (χ1v) is 6.52. The van der Waals surface area contributed by atoms with E-state index in [1.165, 1.54) is 12.8 Å². The van der Waals surface area contributed by atoms with Crippen LogP contribution in [0.4, 0.5) is 0 Å². The molecule has 0 aliphatic heterocycles. The lowest BCUT2D eigenvalue weighted by atomic mass is 10.2. The first kappa shape index (κ1) is 13.1. The van der Waals surface area contributed by atoms with Crippen molar-refractivity contribution < 1.29 is 4.74 Å². The number of aromatic nitrogens is 2. The van der Waals surface area contributed by atoms with Crippen molar-refractivity contribution in [3.63, 3.8) is 0 Å². The molecule has 0 bridgehead atoms. The molecule has 0 aromatic carbocycles. The average Bonchev–Trinajstić information content (AvgIpc) is 2.80. The lowest BCUT2D eigenvalue weighted by Gasteiger charge is -2.02. The van der Waals surface area contributed by atoms with E-state index in [1.54, 1.807) is 7.11 Å². The molecule has 0 aliphatic carbocycles. The molecule has 0 aliphatic rings. The summed E-state index contributed by atoms with van der Waals surface area (Å²) in [5, 5.41) is 3.42. The topological polar surface area (TPSA) is 38.6 Å². The highest BCUT2D eigenvalue weighted by Gasteiger charge is 1.99. The molecule has 1 N–H and O–H groups in total. The summed E-state index contributed by atoms with van der Waals surface area (Å²) in [6, 6.07) is 6.05. The predicted molar refractivity (Wildman–Crippen MR) is 72.6 cm³/mol. The van der Waals surface area contributed by atoms with Gasteiger partial charge in [-0.3, -0.25) is 0 Å². The Hall–Kier alpha value is -1.39. The quantitative estimate of drug-likeness (QED) is 0.727. The maximum absolute atomic E-state index is 5.02. The molecule has 4 nitrogen and oxygen atoms in total. The number of pyridine rings is 1. The zero-order valence-electron chi connectivity index (χ0n) is 10.9. The van der Waals surface area contributed by atoms with Crippen molar-refractivity contribution in [2.75, 3.05) is 20.3 Å². The van der Waals surface area contributed by atoms with Gasteiger partial charge in [-0.2, -0.15) is 0 Å². The van der Waals surface area contributed by atoms with Crippen LogP contribution in [0.25, 0.3) is 5.65 Å². The van der Waals surface area contributed by atoms with Crippen molar-refractivity contribution in [3.05, 3.63) is 36.3 Å². The fourth-order valence-corrected chi connectivity index (χ4v) is 1.96. The summed E-state index contributed by atoms with van der Waals surface area (Å²) in [7, 11) is 1.75. The molecule has 0 spiro atoms. The number of rotatable bonds is 8. The summed E-state index contributed by atoms with van der Waals surface area (Å²) in [6.07, 6.45) is 7.65. The smallest absolute Gasteiger partial charge is 0.137 e. The molecule has 0 atom stereocenters. The molecule has 0 unspecified atom stereocenters. The Labute approximate surface area is 108 Å². The number of methoxy groups -OCH3 is 1.